The number of carbonyl (C=O) groups is 1. The molecule has 22 heavy (non-hydrogen) atoms. The average molecular weight is 317 g/mol. The molecule has 0 saturated heterocycles. The Bertz CT molecular complexity index is 665. The minimum Gasteiger partial charge on any atom is -0.486 e. The zero-order chi connectivity index (χ0) is 15.6. The van der Waals surface area contributed by atoms with Crippen LogP contribution in [-0.2, 0) is 16.8 Å². The normalized spacial score (nSPS) is 13.7. The number of amides is 1. The molecule has 0 fully saturated rings. The van der Waals surface area contributed by atoms with Crippen molar-refractivity contribution in [1.29, 1.82) is 0 Å². The van der Waals surface area contributed by atoms with E-state index < -0.39 is 5.54 Å². The molecule has 4 nitrogen and oxygen atoms in total. The molecule has 3 rings (SSSR count). The summed E-state index contributed by atoms with van der Waals surface area (Å²) >= 11 is 1.59. The van der Waals surface area contributed by atoms with Crippen LogP contribution in [-0.4, -0.2) is 19.1 Å². The third-order valence-corrected chi connectivity index (χ3v) is 4.51. The van der Waals surface area contributed by atoms with Gasteiger partial charge in [0, 0.05) is 4.88 Å². The predicted octanol–water partition coefficient (Wildman–Crippen LogP) is 3.11. The lowest BCUT2D eigenvalue weighted by Crippen LogP contribution is -2.41. The van der Waals surface area contributed by atoms with E-state index >= 15 is 0 Å². The summed E-state index contributed by atoms with van der Waals surface area (Å²) < 4.78 is 11.1. The number of carbonyl (C=O) groups excluding carboxylic acids is 1. The summed E-state index contributed by atoms with van der Waals surface area (Å²) in [6, 6.07) is 9.75. The maximum Gasteiger partial charge on any atom is 0.225 e. The Morgan fingerprint density at radius 1 is 1.23 bits per heavy atom. The van der Waals surface area contributed by atoms with Crippen LogP contribution in [0, 0.1) is 0 Å². The zero-order valence-electron chi connectivity index (χ0n) is 12.7. The number of hydrogen-bond donors (Lipinski definition) is 1. The molecule has 1 amide bonds. The van der Waals surface area contributed by atoms with Gasteiger partial charge in [-0.25, -0.2) is 0 Å². The number of fused-ring (bicyclic) bond motifs is 1. The molecule has 2 aromatic rings. The first kappa shape index (κ1) is 14.9. The molecule has 0 saturated carbocycles. The van der Waals surface area contributed by atoms with Crippen LogP contribution in [0.15, 0.2) is 35.7 Å². The van der Waals surface area contributed by atoms with Crippen molar-refractivity contribution in [3.05, 3.63) is 46.2 Å². The van der Waals surface area contributed by atoms with Gasteiger partial charge in [0.1, 0.15) is 13.2 Å². The number of hydrogen-bond acceptors (Lipinski definition) is 4. The van der Waals surface area contributed by atoms with E-state index in [0.29, 0.717) is 19.6 Å². The zero-order valence-corrected chi connectivity index (χ0v) is 13.5. The average Bonchev–Trinajstić information content (AvgIpc) is 2.99. The second kappa shape index (κ2) is 6.01. The maximum absolute atomic E-state index is 12.2. The number of ether oxygens (including phenoxy) is 2. The molecule has 1 aliphatic heterocycles. The standard InChI is InChI=1S/C17H19NO3S/c1-17(2,18-16(19)11-13-4-3-9-22-13)12-5-6-14-15(10-12)21-8-7-20-14/h3-6,9-10H,7-8,11H2,1-2H3,(H,18,19). The van der Waals surface area contributed by atoms with Crippen LogP contribution >= 0.6 is 11.3 Å². The van der Waals surface area contributed by atoms with E-state index in [0.717, 1.165) is 21.9 Å². The molecule has 0 atom stereocenters. The summed E-state index contributed by atoms with van der Waals surface area (Å²) in [4.78, 5) is 13.3. The van der Waals surface area contributed by atoms with Crippen molar-refractivity contribution < 1.29 is 14.3 Å². The van der Waals surface area contributed by atoms with Gasteiger partial charge in [0.05, 0.1) is 12.0 Å². The van der Waals surface area contributed by atoms with Crippen molar-refractivity contribution >= 4 is 17.2 Å². The minimum atomic E-state index is -0.468. The number of thiophene rings is 1. The van der Waals surface area contributed by atoms with Gasteiger partial charge in [-0.3, -0.25) is 4.79 Å². The van der Waals surface area contributed by atoms with E-state index in [1.807, 2.05) is 49.6 Å². The van der Waals surface area contributed by atoms with E-state index in [1.165, 1.54) is 0 Å². The fraction of sp³-hybridized carbons (Fsp3) is 0.353. The van der Waals surface area contributed by atoms with Crippen molar-refractivity contribution in [2.45, 2.75) is 25.8 Å². The van der Waals surface area contributed by atoms with Crippen LogP contribution in [0.4, 0.5) is 0 Å². The smallest absolute Gasteiger partial charge is 0.225 e. The second-order valence-corrected chi connectivity index (χ2v) is 6.82. The van der Waals surface area contributed by atoms with Crippen molar-refractivity contribution in [1.82, 2.24) is 5.32 Å². The SMILES string of the molecule is CC(C)(NC(=O)Cc1cccs1)c1ccc2c(c1)OCCO2. The summed E-state index contributed by atoms with van der Waals surface area (Å²) in [5.74, 6) is 1.52. The van der Waals surface area contributed by atoms with Crippen molar-refractivity contribution in [2.24, 2.45) is 0 Å². The van der Waals surface area contributed by atoms with Gasteiger partial charge in [-0.1, -0.05) is 12.1 Å². The molecule has 0 radical (unpaired) electrons. The monoisotopic (exact) mass is 317 g/mol. The van der Waals surface area contributed by atoms with Gasteiger partial charge >= 0.3 is 0 Å². The molecule has 5 heteroatoms. The van der Waals surface area contributed by atoms with Crippen LogP contribution in [0.25, 0.3) is 0 Å². The molecule has 0 bridgehead atoms. The second-order valence-electron chi connectivity index (χ2n) is 5.79. The Morgan fingerprint density at radius 3 is 2.73 bits per heavy atom. The Kier molecular flexibility index (Phi) is 4.07. The van der Waals surface area contributed by atoms with Gasteiger partial charge in [-0.05, 0) is 43.0 Å². The van der Waals surface area contributed by atoms with E-state index in [2.05, 4.69) is 5.32 Å². The van der Waals surface area contributed by atoms with Crippen LogP contribution in [0.5, 0.6) is 11.5 Å². The highest BCUT2D eigenvalue weighted by atomic mass is 32.1. The molecule has 1 aromatic carbocycles. The summed E-state index contributed by atoms with van der Waals surface area (Å²) in [5, 5.41) is 5.07. The Balaban J connectivity index is 1.73. The van der Waals surface area contributed by atoms with Gasteiger partial charge < -0.3 is 14.8 Å². The molecule has 116 valence electrons. The highest BCUT2D eigenvalue weighted by molar-refractivity contribution is 7.10. The third-order valence-electron chi connectivity index (χ3n) is 3.63. The highest BCUT2D eigenvalue weighted by Crippen LogP contribution is 2.34. The van der Waals surface area contributed by atoms with Gasteiger partial charge in [0.25, 0.3) is 0 Å². The summed E-state index contributed by atoms with van der Waals surface area (Å²) in [6.45, 7) is 5.12. The largest absolute Gasteiger partial charge is 0.486 e. The van der Waals surface area contributed by atoms with Crippen LogP contribution in [0.3, 0.4) is 0 Å². The minimum absolute atomic E-state index is 0.0161. The Hall–Kier alpha value is -2.01. The van der Waals surface area contributed by atoms with Crippen LogP contribution < -0.4 is 14.8 Å². The van der Waals surface area contributed by atoms with Crippen molar-refractivity contribution in [2.75, 3.05) is 13.2 Å². The first-order valence-electron chi connectivity index (χ1n) is 7.28. The molecule has 1 N–H and O–H groups in total. The fourth-order valence-electron chi connectivity index (χ4n) is 2.47. The quantitative estimate of drug-likeness (QED) is 0.942. The topological polar surface area (TPSA) is 47.6 Å². The van der Waals surface area contributed by atoms with E-state index in [9.17, 15) is 4.79 Å². The maximum atomic E-state index is 12.2. The molecular weight excluding hydrogens is 298 g/mol. The first-order chi connectivity index (χ1) is 10.5. The lowest BCUT2D eigenvalue weighted by atomic mass is 9.93. The Labute approximate surface area is 134 Å². The number of rotatable bonds is 4. The molecule has 0 aliphatic carbocycles. The molecule has 0 unspecified atom stereocenters. The molecule has 1 aromatic heterocycles. The van der Waals surface area contributed by atoms with Gasteiger partial charge in [0.15, 0.2) is 11.5 Å². The first-order valence-corrected chi connectivity index (χ1v) is 8.16. The molecule has 1 aliphatic rings. The summed E-state index contributed by atoms with van der Waals surface area (Å²) in [7, 11) is 0. The predicted molar refractivity (Wildman–Crippen MR) is 86.6 cm³/mol. The Morgan fingerprint density at radius 2 is 2.00 bits per heavy atom. The lowest BCUT2D eigenvalue weighted by molar-refractivity contribution is -0.122. The van der Waals surface area contributed by atoms with Gasteiger partial charge in [-0.15, -0.1) is 11.3 Å². The van der Waals surface area contributed by atoms with E-state index in [-0.39, 0.29) is 5.91 Å². The molecule has 0 spiro atoms. The van der Waals surface area contributed by atoms with Crippen molar-refractivity contribution in [3.63, 3.8) is 0 Å². The molecule has 2 heterocycles. The van der Waals surface area contributed by atoms with Gasteiger partial charge in [0.2, 0.25) is 5.91 Å². The summed E-state index contributed by atoms with van der Waals surface area (Å²) in [6.07, 6.45) is 0.408. The lowest BCUT2D eigenvalue weighted by Gasteiger charge is -2.28. The van der Waals surface area contributed by atoms with Gasteiger partial charge in [-0.2, -0.15) is 0 Å². The third kappa shape index (κ3) is 3.25. The number of benzene rings is 1. The van der Waals surface area contributed by atoms with Crippen LogP contribution in [0.2, 0.25) is 0 Å². The van der Waals surface area contributed by atoms with E-state index in [4.69, 9.17) is 9.47 Å². The fourth-order valence-corrected chi connectivity index (χ4v) is 3.17. The number of nitrogens with one attached hydrogen (secondary N) is 1. The summed E-state index contributed by atoms with van der Waals surface area (Å²) in [5.41, 5.74) is 0.528. The van der Waals surface area contributed by atoms with Crippen LogP contribution in [0.1, 0.15) is 24.3 Å². The molecular formula is C17H19NO3S. The highest BCUT2D eigenvalue weighted by Gasteiger charge is 2.25. The van der Waals surface area contributed by atoms with E-state index in [1.54, 1.807) is 11.3 Å². The van der Waals surface area contributed by atoms with Crippen molar-refractivity contribution in [3.8, 4) is 11.5 Å².